The van der Waals surface area contributed by atoms with Crippen molar-refractivity contribution in [2.45, 2.75) is 76.7 Å². The highest BCUT2D eigenvalue weighted by Gasteiger charge is 2.36. The number of ether oxygens (including phenoxy) is 1. The van der Waals surface area contributed by atoms with Gasteiger partial charge in [-0.15, -0.1) is 0 Å². The SMILES string of the molecule is CCCNC1CCC(C(C)C)CC1S(=O)CC1CCCO1. The van der Waals surface area contributed by atoms with Crippen LogP contribution < -0.4 is 5.32 Å². The summed E-state index contributed by atoms with van der Waals surface area (Å²) in [7, 11) is -0.755. The predicted octanol–water partition coefficient (Wildman–Crippen LogP) is 3.11. The van der Waals surface area contributed by atoms with Gasteiger partial charge in [0.2, 0.25) is 0 Å². The summed E-state index contributed by atoms with van der Waals surface area (Å²) in [5, 5.41) is 3.97. The Morgan fingerprint density at radius 3 is 2.71 bits per heavy atom. The van der Waals surface area contributed by atoms with Gasteiger partial charge in [-0.3, -0.25) is 4.21 Å². The second-order valence-corrected chi connectivity index (χ2v) is 8.80. The smallest absolute Gasteiger partial charge is 0.0691 e. The van der Waals surface area contributed by atoms with Crippen LogP contribution >= 0.6 is 0 Å². The normalized spacial score (nSPS) is 35.2. The second-order valence-electron chi connectivity index (χ2n) is 7.10. The van der Waals surface area contributed by atoms with Crippen LogP contribution in [0.1, 0.15) is 59.3 Å². The van der Waals surface area contributed by atoms with Crippen LogP contribution in [0, 0.1) is 11.8 Å². The highest BCUT2D eigenvalue weighted by Crippen LogP contribution is 2.33. The molecule has 5 unspecified atom stereocenters. The first kappa shape index (κ1) is 17.4. The Morgan fingerprint density at radius 1 is 1.29 bits per heavy atom. The van der Waals surface area contributed by atoms with Gasteiger partial charge in [0.1, 0.15) is 0 Å². The van der Waals surface area contributed by atoms with Crippen molar-refractivity contribution in [3.63, 3.8) is 0 Å². The van der Waals surface area contributed by atoms with Crippen molar-refractivity contribution in [3.8, 4) is 0 Å². The van der Waals surface area contributed by atoms with Gasteiger partial charge in [-0.1, -0.05) is 20.8 Å². The van der Waals surface area contributed by atoms with E-state index in [1.165, 1.54) is 12.8 Å². The molecule has 21 heavy (non-hydrogen) atoms. The first-order valence-corrected chi connectivity index (χ1v) is 10.2. The van der Waals surface area contributed by atoms with Crippen molar-refractivity contribution in [2.75, 3.05) is 18.9 Å². The molecule has 1 saturated carbocycles. The second kappa shape index (κ2) is 8.64. The van der Waals surface area contributed by atoms with Crippen molar-refractivity contribution >= 4 is 10.8 Å². The molecule has 1 saturated heterocycles. The molecule has 1 aliphatic heterocycles. The summed E-state index contributed by atoms with van der Waals surface area (Å²) >= 11 is 0. The van der Waals surface area contributed by atoms with Crippen molar-refractivity contribution in [1.82, 2.24) is 5.32 Å². The fourth-order valence-corrected chi connectivity index (χ4v) is 5.64. The van der Waals surface area contributed by atoms with Gasteiger partial charge in [0.15, 0.2) is 0 Å². The predicted molar refractivity (Wildman–Crippen MR) is 90.0 cm³/mol. The highest BCUT2D eigenvalue weighted by molar-refractivity contribution is 7.85. The Hall–Kier alpha value is 0.0700. The quantitative estimate of drug-likeness (QED) is 0.784. The summed E-state index contributed by atoms with van der Waals surface area (Å²) in [6, 6.07) is 0.446. The van der Waals surface area contributed by atoms with Gasteiger partial charge in [-0.2, -0.15) is 0 Å². The van der Waals surface area contributed by atoms with Gasteiger partial charge in [0.25, 0.3) is 0 Å². The molecule has 1 N–H and O–H groups in total. The molecule has 0 aromatic heterocycles. The Morgan fingerprint density at radius 2 is 2.10 bits per heavy atom. The van der Waals surface area contributed by atoms with Crippen LogP contribution in [0.5, 0.6) is 0 Å². The van der Waals surface area contributed by atoms with E-state index in [4.69, 9.17) is 4.74 Å². The summed E-state index contributed by atoms with van der Waals surface area (Å²) in [6.07, 6.45) is 7.22. The van der Waals surface area contributed by atoms with Gasteiger partial charge < -0.3 is 10.1 Å². The van der Waals surface area contributed by atoms with E-state index >= 15 is 0 Å². The van der Waals surface area contributed by atoms with Crippen LogP contribution in [0.2, 0.25) is 0 Å². The minimum atomic E-state index is -0.755. The third kappa shape index (κ3) is 5.04. The first-order valence-electron chi connectivity index (χ1n) is 8.84. The van der Waals surface area contributed by atoms with Crippen molar-refractivity contribution in [2.24, 2.45) is 11.8 Å². The van der Waals surface area contributed by atoms with E-state index in [0.29, 0.717) is 17.2 Å². The van der Waals surface area contributed by atoms with E-state index in [-0.39, 0.29) is 6.10 Å². The lowest BCUT2D eigenvalue weighted by atomic mass is 9.79. The summed E-state index contributed by atoms with van der Waals surface area (Å²) < 4.78 is 18.6. The van der Waals surface area contributed by atoms with Crippen molar-refractivity contribution < 1.29 is 8.95 Å². The van der Waals surface area contributed by atoms with Crippen LogP contribution in [0.4, 0.5) is 0 Å². The summed E-state index contributed by atoms with van der Waals surface area (Å²) in [4.78, 5) is 0. The minimum Gasteiger partial charge on any atom is -0.377 e. The van der Waals surface area contributed by atoms with Crippen LogP contribution in [-0.4, -0.2) is 40.5 Å². The molecule has 0 aromatic carbocycles. The Labute approximate surface area is 133 Å². The molecular formula is C17H33NO2S. The molecule has 0 radical (unpaired) electrons. The third-order valence-corrected chi connectivity index (χ3v) is 7.04. The molecule has 0 amide bonds. The summed E-state index contributed by atoms with van der Waals surface area (Å²) in [6.45, 7) is 8.73. The maximum absolute atomic E-state index is 12.9. The fourth-order valence-electron chi connectivity index (χ4n) is 3.70. The lowest BCUT2D eigenvalue weighted by molar-refractivity contribution is 0.127. The van der Waals surface area contributed by atoms with Gasteiger partial charge in [0.05, 0.1) is 17.1 Å². The molecule has 1 aliphatic carbocycles. The van der Waals surface area contributed by atoms with Gasteiger partial charge >= 0.3 is 0 Å². The van der Waals surface area contributed by atoms with Crippen LogP contribution in [0.3, 0.4) is 0 Å². The van der Waals surface area contributed by atoms with Crippen LogP contribution in [0.25, 0.3) is 0 Å². The summed E-state index contributed by atoms with van der Waals surface area (Å²) in [5.74, 6) is 2.20. The molecule has 0 aromatic rings. The lowest BCUT2D eigenvalue weighted by Gasteiger charge is -2.38. The first-order chi connectivity index (χ1) is 10.1. The highest BCUT2D eigenvalue weighted by atomic mass is 32.2. The summed E-state index contributed by atoms with van der Waals surface area (Å²) in [5.41, 5.74) is 0. The number of hydrogen-bond donors (Lipinski definition) is 1. The van der Waals surface area contributed by atoms with E-state index in [0.717, 1.165) is 50.5 Å². The Bertz CT molecular complexity index is 329. The van der Waals surface area contributed by atoms with E-state index in [1.54, 1.807) is 0 Å². The molecule has 1 heterocycles. The minimum absolute atomic E-state index is 0.247. The zero-order chi connectivity index (χ0) is 15.2. The average molecular weight is 316 g/mol. The zero-order valence-electron chi connectivity index (χ0n) is 14.0. The van der Waals surface area contributed by atoms with E-state index < -0.39 is 10.8 Å². The average Bonchev–Trinajstić information content (AvgIpc) is 2.97. The van der Waals surface area contributed by atoms with Gasteiger partial charge in [0, 0.05) is 23.4 Å². The van der Waals surface area contributed by atoms with Crippen LogP contribution in [0.15, 0.2) is 0 Å². The number of rotatable bonds is 7. The van der Waals surface area contributed by atoms with E-state index in [1.807, 2.05) is 0 Å². The maximum Gasteiger partial charge on any atom is 0.0691 e. The fraction of sp³-hybridized carbons (Fsp3) is 1.00. The number of hydrogen-bond acceptors (Lipinski definition) is 3. The van der Waals surface area contributed by atoms with Gasteiger partial charge in [-0.25, -0.2) is 0 Å². The largest absolute Gasteiger partial charge is 0.377 e. The Kier molecular flexibility index (Phi) is 7.17. The monoisotopic (exact) mass is 315 g/mol. The third-order valence-electron chi connectivity index (χ3n) is 5.14. The lowest BCUT2D eigenvalue weighted by Crippen LogP contribution is -2.48. The molecule has 0 spiro atoms. The molecule has 2 aliphatic rings. The molecule has 2 fully saturated rings. The van der Waals surface area contributed by atoms with E-state index in [2.05, 4.69) is 26.1 Å². The molecule has 4 heteroatoms. The molecule has 3 nitrogen and oxygen atoms in total. The molecule has 2 rings (SSSR count). The molecular weight excluding hydrogens is 282 g/mol. The molecule has 124 valence electrons. The number of nitrogens with one attached hydrogen (secondary N) is 1. The maximum atomic E-state index is 12.9. The molecule has 0 bridgehead atoms. The van der Waals surface area contributed by atoms with Crippen LogP contribution in [-0.2, 0) is 15.5 Å². The van der Waals surface area contributed by atoms with Crippen molar-refractivity contribution in [3.05, 3.63) is 0 Å². The van der Waals surface area contributed by atoms with E-state index in [9.17, 15) is 4.21 Å². The molecule has 5 atom stereocenters. The zero-order valence-corrected chi connectivity index (χ0v) is 14.8. The van der Waals surface area contributed by atoms with Crippen molar-refractivity contribution in [1.29, 1.82) is 0 Å². The standard InChI is InChI=1S/C17H33NO2S/c1-4-9-18-16-8-7-14(13(2)3)11-17(16)21(19)12-15-6-5-10-20-15/h13-18H,4-12H2,1-3H3. The topological polar surface area (TPSA) is 38.3 Å². The Balaban J connectivity index is 1.95. The van der Waals surface area contributed by atoms with Gasteiger partial charge in [-0.05, 0) is 56.9 Å².